The van der Waals surface area contributed by atoms with Crippen molar-refractivity contribution in [1.82, 2.24) is 0 Å². The molecule has 2 nitrogen and oxygen atoms in total. The molecule has 0 saturated heterocycles. The van der Waals surface area contributed by atoms with E-state index in [9.17, 15) is 9.90 Å². The number of rotatable bonds is 1. The molecular formula is C21H40O2. The van der Waals surface area contributed by atoms with Crippen LogP contribution in [0.3, 0.4) is 0 Å². The monoisotopic (exact) mass is 324 g/mol. The highest BCUT2D eigenvalue weighted by Crippen LogP contribution is 2.20. The van der Waals surface area contributed by atoms with Crippen LogP contribution in [0, 0.1) is 5.92 Å². The third kappa shape index (κ3) is 12.5. The van der Waals surface area contributed by atoms with Gasteiger partial charge in [-0.25, -0.2) is 0 Å². The molecule has 2 heteroatoms. The first kappa shape index (κ1) is 20.5. The van der Waals surface area contributed by atoms with Crippen LogP contribution in [0.1, 0.15) is 122 Å². The molecule has 0 aromatic heterocycles. The van der Waals surface area contributed by atoms with Crippen molar-refractivity contribution in [2.45, 2.75) is 122 Å². The summed E-state index contributed by atoms with van der Waals surface area (Å²) in [6, 6.07) is 0. The quantitative estimate of drug-likeness (QED) is 0.558. The van der Waals surface area contributed by atoms with Gasteiger partial charge in [0.15, 0.2) is 0 Å². The fourth-order valence-electron chi connectivity index (χ4n) is 3.82. The van der Waals surface area contributed by atoms with Crippen molar-refractivity contribution < 1.29 is 9.90 Å². The standard InChI is InChI=1S/C21H40O2/c22-21(23)20-18-16-14-12-10-8-6-4-2-1-3-5-7-9-11-13-15-17-19-20/h20H,1-19H2,(H,22,23). The Bertz CT molecular complexity index is 255. The Morgan fingerprint density at radius 2 is 0.696 bits per heavy atom. The van der Waals surface area contributed by atoms with E-state index in [1.165, 1.54) is 96.3 Å². The molecule has 0 radical (unpaired) electrons. The van der Waals surface area contributed by atoms with Gasteiger partial charge >= 0.3 is 5.97 Å². The van der Waals surface area contributed by atoms with E-state index in [1.807, 2.05) is 0 Å². The Kier molecular flexibility index (Phi) is 13.4. The van der Waals surface area contributed by atoms with Gasteiger partial charge in [0.1, 0.15) is 0 Å². The SMILES string of the molecule is O=C(O)C1CCCCCCCCCCCCCCCCCCC1. The van der Waals surface area contributed by atoms with E-state index in [-0.39, 0.29) is 5.92 Å². The Morgan fingerprint density at radius 1 is 0.478 bits per heavy atom. The van der Waals surface area contributed by atoms with Crippen molar-refractivity contribution in [3.05, 3.63) is 0 Å². The number of carboxylic acids is 1. The van der Waals surface area contributed by atoms with Gasteiger partial charge in [-0.05, 0) is 12.8 Å². The van der Waals surface area contributed by atoms with Gasteiger partial charge in [0.05, 0.1) is 5.92 Å². The van der Waals surface area contributed by atoms with Crippen LogP contribution in [0.4, 0.5) is 0 Å². The van der Waals surface area contributed by atoms with Crippen molar-refractivity contribution >= 4 is 5.97 Å². The number of hydrogen-bond donors (Lipinski definition) is 1. The van der Waals surface area contributed by atoms with Crippen molar-refractivity contribution in [2.24, 2.45) is 5.92 Å². The van der Waals surface area contributed by atoms with Crippen LogP contribution < -0.4 is 0 Å². The molecule has 1 fully saturated rings. The maximum absolute atomic E-state index is 11.3. The minimum atomic E-state index is -0.563. The van der Waals surface area contributed by atoms with E-state index < -0.39 is 5.97 Å². The predicted molar refractivity (Wildman–Crippen MR) is 98.8 cm³/mol. The molecule has 0 aromatic carbocycles. The van der Waals surface area contributed by atoms with E-state index in [4.69, 9.17) is 0 Å². The Labute approximate surface area is 144 Å². The van der Waals surface area contributed by atoms with Crippen molar-refractivity contribution in [2.75, 3.05) is 0 Å². The molecule has 0 atom stereocenters. The van der Waals surface area contributed by atoms with Gasteiger partial charge in [0.2, 0.25) is 0 Å². The summed E-state index contributed by atoms with van der Waals surface area (Å²) in [5, 5.41) is 9.35. The second kappa shape index (κ2) is 15.0. The summed E-state index contributed by atoms with van der Waals surface area (Å²) in [6.45, 7) is 0. The van der Waals surface area contributed by atoms with E-state index in [2.05, 4.69) is 0 Å². The smallest absolute Gasteiger partial charge is 0.306 e. The number of carboxylic acid groups (broad SMARTS) is 1. The lowest BCUT2D eigenvalue weighted by Crippen LogP contribution is -2.13. The van der Waals surface area contributed by atoms with Gasteiger partial charge in [-0.15, -0.1) is 0 Å². The molecular weight excluding hydrogens is 284 g/mol. The molecule has 0 heterocycles. The van der Waals surface area contributed by atoms with Gasteiger partial charge in [-0.1, -0.05) is 109 Å². The molecule has 0 aromatic rings. The Balaban J connectivity index is 2.22. The van der Waals surface area contributed by atoms with Crippen LogP contribution in [0.15, 0.2) is 0 Å². The maximum atomic E-state index is 11.3. The summed E-state index contributed by atoms with van der Waals surface area (Å²) in [7, 11) is 0. The lowest BCUT2D eigenvalue weighted by Gasteiger charge is -2.12. The first-order chi connectivity index (χ1) is 11.3. The van der Waals surface area contributed by atoms with Gasteiger partial charge in [-0.3, -0.25) is 4.79 Å². The number of hydrogen-bond acceptors (Lipinski definition) is 1. The van der Waals surface area contributed by atoms with Crippen LogP contribution in [0.2, 0.25) is 0 Å². The average Bonchev–Trinajstić information content (AvgIpc) is 2.53. The molecule has 0 spiro atoms. The van der Waals surface area contributed by atoms with Crippen molar-refractivity contribution in [3.8, 4) is 0 Å². The van der Waals surface area contributed by atoms with E-state index in [0.29, 0.717) is 0 Å². The van der Waals surface area contributed by atoms with Crippen LogP contribution in [-0.2, 0) is 4.79 Å². The normalized spacial score (nSPS) is 23.1. The largest absolute Gasteiger partial charge is 0.481 e. The first-order valence-corrected chi connectivity index (χ1v) is 10.5. The Morgan fingerprint density at radius 3 is 0.913 bits per heavy atom. The van der Waals surface area contributed by atoms with Crippen LogP contribution in [0.25, 0.3) is 0 Å². The predicted octanol–water partition coefficient (Wildman–Crippen LogP) is 7.11. The van der Waals surface area contributed by atoms with E-state index in [0.717, 1.165) is 25.7 Å². The van der Waals surface area contributed by atoms with Crippen molar-refractivity contribution in [3.63, 3.8) is 0 Å². The second-order valence-electron chi connectivity index (χ2n) is 7.62. The summed E-state index contributed by atoms with van der Waals surface area (Å²) < 4.78 is 0. The zero-order valence-electron chi connectivity index (χ0n) is 15.4. The zero-order valence-corrected chi connectivity index (χ0v) is 15.4. The van der Waals surface area contributed by atoms with Gasteiger partial charge in [0, 0.05) is 0 Å². The molecule has 0 amide bonds. The van der Waals surface area contributed by atoms with Crippen LogP contribution >= 0.6 is 0 Å². The molecule has 1 saturated carbocycles. The highest BCUT2D eigenvalue weighted by molar-refractivity contribution is 5.69. The molecule has 23 heavy (non-hydrogen) atoms. The lowest BCUT2D eigenvalue weighted by atomic mass is 9.94. The lowest BCUT2D eigenvalue weighted by molar-refractivity contribution is -0.142. The summed E-state index contributed by atoms with van der Waals surface area (Å²) in [4.78, 5) is 11.3. The fraction of sp³-hybridized carbons (Fsp3) is 0.952. The van der Waals surface area contributed by atoms with E-state index in [1.54, 1.807) is 0 Å². The first-order valence-electron chi connectivity index (χ1n) is 10.5. The number of aliphatic carboxylic acids is 1. The van der Waals surface area contributed by atoms with Gasteiger partial charge < -0.3 is 5.11 Å². The highest BCUT2D eigenvalue weighted by Gasteiger charge is 2.16. The third-order valence-electron chi connectivity index (χ3n) is 5.45. The molecule has 1 aliphatic carbocycles. The number of carbonyl (C=O) groups is 1. The minimum Gasteiger partial charge on any atom is -0.481 e. The highest BCUT2D eigenvalue weighted by atomic mass is 16.4. The molecule has 1 N–H and O–H groups in total. The second-order valence-corrected chi connectivity index (χ2v) is 7.62. The Hall–Kier alpha value is -0.530. The average molecular weight is 325 g/mol. The molecule has 1 rings (SSSR count). The molecule has 0 aliphatic heterocycles. The summed E-state index contributed by atoms with van der Waals surface area (Å²) in [6.07, 6.45) is 24.4. The van der Waals surface area contributed by atoms with Gasteiger partial charge in [-0.2, -0.15) is 0 Å². The minimum absolute atomic E-state index is 0.0828. The fourth-order valence-corrected chi connectivity index (χ4v) is 3.82. The molecule has 0 bridgehead atoms. The topological polar surface area (TPSA) is 37.3 Å². The summed E-state index contributed by atoms with van der Waals surface area (Å²) in [5.74, 6) is -0.646. The van der Waals surface area contributed by atoms with Crippen molar-refractivity contribution in [1.29, 1.82) is 0 Å². The zero-order chi connectivity index (χ0) is 16.6. The molecule has 136 valence electrons. The maximum Gasteiger partial charge on any atom is 0.306 e. The van der Waals surface area contributed by atoms with Crippen LogP contribution in [0.5, 0.6) is 0 Å². The summed E-state index contributed by atoms with van der Waals surface area (Å²) in [5.41, 5.74) is 0. The summed E-state index contributed by atoms with van der Waals surface area (Å²) >= 11 is 0. The van der Waals surface area contributed by atoms with Gasteiger partial charge in [0.25, 0.3) is 0 Å². The third-order valence-corrected chi connectivity index (χ3v) is 5.45. The molecule has 1 aliphatic rings. The van der Waals surface area contributed by atoms with E-state index >= 15 is 0 Å². The molecule has 0 unspecified atom stereocenters. The van der Waals surface area contributed by atoms with Crippen LogP contribution in [-0.4, -0.2) is 11.1 Å².